The fraction of sp³-hybridized carbons (Fsp3) is 0.464. The summed E-state index contributed by atoms with van der Waals surface area (Å²) in [5.41, 5.74) is 2.37. The van der Waals surface area contributed by atoms with E-state index in [1.807, 2.05) is 69.3 Å². The predicted molar refractivity (Wildman–Crippen MR) is 140 cm³/mol. The third-order valence-electron chi connectivity index (χ3n) is 4.71. The minimum Gasteiger partial charge on any atom is -0.464 e. The number of carbonyl (C=O) groups is 3. The molecule has 36 heavy (non-hydrogen) atoms. The van der Waals surface area contributed by atoms with Crippen LogP contribution >= 0.6 is 0 Å². The minimum atomic E-state index is -0.869. The predicted octanol–water partition coefficient (Wildman–Crippen LogP) is 5.11. The summed E-state index contributed by atoms with van der Waals surface area (Å²) in [6, 6.07) is 14.5. The SMILES string of the molecule is CCOC(=O)[C@H](Cc1ccc(-c2cccc(NCC(=O)OC(C)(C)C)c2)cc1)NC(=O)OC(C)(C)C. The first-order chi connectivity index (χ1) is 16.8. The van der Waals surface area contributed by atoms with Gasteiger partial charge in [-0.15, -0.1) is 0 Å². The Morgan fingerprint density at radius 2 is 1.50 bits per heavy atom. The van der Waals surface area contributed by atoms with Gasteiger partial charge in [-0.3, -0.25) is 4.79 Å². The van der Waals surface area contributed by atoms with Gasteiger partial charge in [-0.2, -0.15) is 0 Å². The Labute approximate surface area is 213 Å². The van der Waals surface area contributed by atoms with Crippen molar-refractivity contribution in [3.63, 3.8) is 0 Å². The van der Waals surface area contributed by atoms with E-state index >= 15 is 0 Å². The fourth-order valence-corrected chi connectivity index (χ4v) is 3.32. The third kappa shape index (κ3) is 10.4. The van der Waals surface area contributed by atoms with Gasteiger partial charge in [-0.1, -0.05) is 36.4 Å². The van der Waals surface area contributed by atoms with Gasteiger partial charge < -0.3 is 24.8 Å². The Hall–Kier alpha value is -3.55. The zero-order chi connectivity index (χ0) is 26.9. The van der Waals surface area contributed by atoms with Crippen LogP contribution in [0.25, 0.3) is 11.1 Å². The summed E-state index contributed by atoms with van der Waals surface area (Å²) in [6.07, 6.45) is -0.414. The van der Waals surface area contributed by atoms with Crippen LogP contribution in [0.4, 0.5) is 10.5 Å². The van der Waals surface area contributed by atoms with Crippen molar-refractivity contribution in [2.45, 2.75) is 72.1 Å². The minimum absolute atomic E-state index is 0.0690. The second kappa shape index (κ2) is 12.4. The monoisotopic (exact) mass is 498 g/mol. The molecule has 0 aliphatic carbocycles. The van der Waals surface area contributed by atoms with Gasteiger partial charge in [0.2, 0.25) is 0 Å². The Bertz CT molecular complexity index is 1040. The van der Waals surface area contributed by atoms with Gasteiger partial charge in [-0.05, 0) is 77.3 Å². The Morgan fingerprint density at radius 1 is 0.861 bits per heavy atom. The van der Waals surface area contributed by atoms with E-state index in [9.17, 15) is 14.4 Å². The maximum Gasteiger partial charge on any atom is 0.408 e. The molecule has 2 aromatic rings. The van der Waals surface area contributed by atoms with Crippen molar-refractivity contribution < 1.29 is 28.6 Å². The van der Waals surface area contributed by atoms with Crippen LogP contribution in [0.2, 0.25) is 0 Å². The second-order valence-electron chi connectivity index (χ2n) is 10.4. The highest BCUT2D eigenvalue weighted by molar-refractivity contribution is 5.82. The van der Waals surface area contributed by atoms with Crippen molar-refractivity contribution in [1.82, 2.24) is 5.32 Å². The number of carbonyl (C=O) groups excluding carboxylic acids is 3. The molecule has 0 spiro atoms. The summed E-state index contributed by atoms with van der Waals surface area (Å²) in [5.74, 6) is -0.843. The summed E-state index contributed by atoms with van der Waals surface area (Å²) < 4.78 is 15.7. The van der Waals surface area contributed by atoms with E-state index in [0.29, 0.717) is 0 Å². The number of esters is 2. The molecule has 0 saturated carbocycles. The topological polar surface area (TPSA) is 103 Å². The van der Waals surface area contributed by atoms with Gasteiger partial charge in [-0.25, -0.2) is 9.59 Å². The quantitative estimate of drug-likeness (QED) is 0.366. The Balaban J connectivity index is 2.08. The third-order valence-corrected chi connectivity index (χ3v) is 4.71. The highest BCUT2D eigenvalue weighted by atomic mass is 16.6. The molecule has 0 radical (unpaired) electrons. The van der Waals surface area contributed by atoms with Gasteiger partial charge in [0.25, 0.3) is 0 Å². The molecule has 0 aliphatic rings. The number of hydrogen-bond acceptors (Lipinski definition) is 7. The van der Waals surface area contributed by atoms with E-state index in [4.69, 9.17) is 14.2 Å². The first-order valence-electron chi connectivity index (χ1n) is 12.1. The molecule has 8 nitrogen and oxygen atoms in total. The van der Waals surface area contributed by atoms with Crippen LogP contribution in [0, 0.1) is 0 Å². The molecule has 2 rings (SSSR count). The summed E-state index contributed by atoms with van der Waals surface area (Å²) in [4.78, 5) is 36.6. The zero-order valence-electron chi connectivity index (χ0n) is 22.3. The first kappa shape index (κ1) is 28.7. The normalized spacial score (nSPS) is 12.3. The molecule has 0 aliphatic heterocycles. The lowest BCUT2D eigenvalue weighted by atomic mass is 10.0. The molecule has 0 saturated heterocycles. The van der Waals surface area contributed by atoms with Gasteiger partial charge in [0, 0.05) is 12.1 Å². The van der Waals surface area contributed by atoms with E-state index in [1.54, 1.807) is 27.7 Å². The smallest absolute Gasteiger partial charge is 0.408 e. The van der Waals surface area contributed by atoms with Crippen LogP contribution in [0.3, 0.4) is 0 Å². The molecule has 2 aromatic carbocycles. The first-order valence-corrected chi connectivity index (χ1v) is 12.1. The van der Waals surface area contributed by atoms with Crippen LogP contribution in [-0.2, 0) is 30.2 Å². The van der Waals surface area contributed by atoms with E-state index in [2.05, 4.69) is 10.6 Å². The molecule has 0 fully saturated rings. The van der Waals surface area contributed by atoms with Crippen molar-refractivity contribution in [3.8, 4) is 11.1 Å². The lowest BCUT2D eigenvalue weighted by Gasteiger charge is -2.23. The number of alkyl carbamates (subject to hydrolysis) is 1. The summed E-state index contributed by atoms with van der Waals surface area (Å²) in [6.45, 7) is 12.8. The number of hydrogen-bond donors (Lipinski definition) is 2. The lowest BCUT2D eigenvalue weighted by molar-refractivity contribution is -0.152. The lowest BCUT2D eigenvalue weighted by Crippen LogP contribution is -2.45. The van der Waals surface area contributed by atoms with Crippen LogP contribution in [0.5, 0.6) is 0 Å². The van der Waals surface area contributed by atoms with Gasteiger partial charge in [0.15, 0.2) is 0 Å². The molecular formula is C28H38N2O6. The average Bonchev–Trinajstić information content (AvgIpc) is 2.76. The van der Waals surface area contributed by atoms with Crippen molar-refractivity contribution in [2.75, 3.05) is 18.5 Å². The van der Waals surface area contributed by atoms with E-state index in [-0.39, 0.29) is 25.5 Å². The molecular weight excluding hydrogens is 460 g/mol. The maximum absolute atomic E-state index is 12.4. The molecule has 1 atom stereocenters. The fourth-order valence-electron chi connectivity index (χ4n) is 3.32. The van der Waals surface area contributed by atoms with Crippen LogP contribution in [-0.4, -0.2) is 48.4 Å². The van der Waals surface area contributed by atoms with Crippen LogP contribution in [0.1, 0.15) is 54.0 Å². The standard InChI is InChI=1S/C28H38N2O6/c1-8-34-25(32)23(30-26(33)36-28(5,6)7)16-19-12-14-20(15-13-19)21-10-9-11-22(17-21)29-18-24(31)35-27(2,3)4/h9-15,17,23,29H,8,16,18H2,1-7H3,(H,30,33)/t23-/m0/s1. The van der Waals surface area contributed by atoms with Crippen molar-refractivity contribution in [1.29, 1.82) is 0 Å². The van der Waals surface area contributed by atoms with Gasteiger partial charge in [0.1, 0.15) is 23.8 Å². The molecule has 2 N–H and O–H groups in total. The Morgan fingerprint density at radius 3 is 2.08 bits per heavy atom. The molecule has 0 aromatic heterocycles. The number of nitrogens with one attached hydrogen (secondary N) is 2. The van der Waals surface area contributed by atoms with Crippen LogP contribution in [0.15, 0.2) is 48.5 Å². The molecule has 0 heterocycles. The highest BCUT2D eigenvalue weighted by Crippen LogP contribution is 2.24. The summed E-state index contributed by atoms with van der Waals surface area (Å²) in [7, 11) is 0. The number of anilines is 1. The van der Waals surface area contributed by atoms with Crippen LogP contribution < -0.4 is 10.6 Å². The van der Waals surface area contributed by atoms with Crippen molar-refractivity contribution in [3.05, 3.63) is 54.1 Å². The molecule has 0 unspecified atom stereocenters. The second-order valence-corrected chi connectivity index (χ2v) is 10.4. The van der Waals surface area contributed by atoms with Crippen molar-refractivity contribution >= 4 is 23.7 Å². The Kier molecular flexibility index (Phi) is 9.90. The molecule has 8 heteroatoms. The van der Waals surface area contributed by atoms with Crippen molar-refractivity contribution in [2.24, 2.45) is 0 Å². The highest BCUT2D eigenvalue weighted by Gasteiger charge is 2.25. The molecule has 196 valence electrons. The average molecular weight is 499 g/mol. The molecule has 0 bridgehead atoms. The van der Waals surface area contributed by atoms with E-state index < -0.39 is 29.3 Å². The summed E-state index contributed by atoms with van der Waals surface area (Å²) in [5, 5.41) is 5.71. The molecule has 1 amide bonds. The number of benzene rings is 2. The largest absolute Gasteiger partial charge is 0.464 e. The van der Waals surface area contributed by atoms with E-state index in [1.165, 1.54) is 0 Å². The number of amides is 1. The summed E-state index contributed by atoms with van der Waals surface area (Å²) >= 11 is 0. The van der Waals surface area contributed by atoms with Gasteiger partial charge in [0.05, 0.1) is 6.61 Å². The zero-order valence-corrected chi connectivity index (χ0v) is 22.3. The van der Waals surface area contributed by atoms with Gasteiger partial charge >= 0.3 is 18.0 Å². The van der Waals surface area contributed by atoms with E-state index in [0.717, 1.165) is 22.4 Å². The number of rotatable bonds is 9. The number of ether oxygens (including phenoxy) is 3. The maximum atomic E-state index is 12.4.